The van der Waals surface area contributed by atoms with E-state index in [1.54, 1.807) is 0 Å². The van der Waals surface area contributed by atoms with Gasteiger partial charge in [0.15, 0.2) is 24.6 Å². The van der Waals surface area contributed by atoms with E-state index in [1.807, 2.05) is 0 Å². The summed E-state index contributed by atoms with van der Waals surface area (Å²) in [6.45, 7) is 6.03. The largest absolute Gasteiger partial charge is 0.479 e. The van der Waals surface area contributed by atoms with E-state index in [2.05, 4.69) is 45.1 Å². The standard InChI is InChI=1S/C67H122O12/c1-4-7-10-13-16-19-22-25-28-30-33-35-38-41-44-47-50-53-59(68)75-56-58(77-60(69)54-51-48-45-42-39-37-34-31-29-26-23-20-17-14-11-8-5-2)57-76-67-65(63(72)62(71)64(79-67)66(73)74)78-61(70)55-52-49-46-43-40-36-32-27-24-21-18-15-12-9-6-3/h16,19,25,28,58,62-65,67,71-72H,4-15,17-18,20-24,26-27,29-57H2,1-3H3,(H,73,74)/b19-16-,28-25-. The summed E-state index contributed by atoms with van der Waals surface area (Å²) in [6.07, 6.45) is 52.7. The first-order valence-corrected chi connectivity index (χ1v) is 33.3. The van der Waals surface area contributed by atoms with Crippen LogP contribution in [0.25, 0.3) is 0 Å². The highest BCUT2D eigenvalue weighted by Crippen LogP contribution is 2.27. The molecule has 1 fully saturated rings. The summed E-state index contributed by atoms with van der Waals surface area (Å²) < 4.78 is 28.6. The minimum Gasteiger partial charge on any atom is -0.479 e. The fourth-order valence-electron chi connectivity index (χ4n) is 10.4. The van der Waals surface area contributed by atoms with Gasteiger partial charge in [0.2, 0.25) is 0 Å². The highest BCUT2D eigenvalue weighted by molar-refractivity contribution is 5.74. The molecule has 6 unspecified atom stereocenters. The molecule has 1 saturated heterocycles. The predicted octanol–water partition coefficient (Wildman–Crippen LogP) is 17.8. The number of carboxylic acid groups (broad SMARTS) is 1. The Balaban J connectivity index is 2.64. The van der Waals surface area contributed by atoms with E-state index in [0.29, 0.717) is 19.3 Å². The van der Waals surface area contributed by atoms with Gasteiger partial charge in [-0.1, -0.05) is 283 Å². The molecule has 79 heavy (non-hydrogen) atoms. The van der Waals surface area contributed by atoms with Crippen molar-refractivity contribution in [1.82, 2.24) is 0 Å². The van der Waals surface area contributed by atoms with Crippen LogP contribution in [-0.4, -0.2) is 89.2 Å². The number of aliphatic hydroxyl groups is 2. The fraction of sp³-hybridized carbons (Fsp3) is 0.881. The number of ether oxygens (including phenoxy) is 5. The lowest BCUT2D eigenvalue weighted by Crippen LogP contribution is -2.61. The first-order valence-electron chi connectivity index (χ1n) is 33.3. The Kier molecular flexibility index (Phi) is 52.3. The van der Waals surface area contributed by atoms with E-state index in [9.17, 15) is 34.5 Å². The normalized spacial score (nSPS) is 17.9. The van der Waals surface area contributed by atoms with Crippen molar-refractivity contribution in [1.29, 1.82) is 0 Å². The molecule has 0 bridgehead atoms. The van der Waals surface area contributed by atoms with Gasteiger partial charge in [-0.25, -0.2) is 4.79 Å². The molecule has 6 atom stereocenters. The van der Waals surface area contributed by atoms with Crippen molar-refractivity contribution in [3.63, 3.8) is 0 Å². The van der Waals surface area contributed by atoms with Crippen LogP contribution in [0.1, 0.15) is 329 Å². The lowest BCUT2D eigenvalue weighted by atomic mass is 9.98. The minimum absolute atomic E-state index is 0.0673. The lowest BCUT2D eigenvalue weighted by molar-refractivity contribution is -0.301. The van der Waals surface area contributed by atoms with Crippen LogP contribution < -0.4 is 0 Å². The number of hydrogen-bond donors (Lipinski definition) is 3. The van der Waals surface area contributed by atoms with Gasteiger partial charge in [-0.15, -0.1) is 0 Å². The highest BCUT2D eigenvalue weighted by Gasteiger charge is 2.50. The number of aliphatic hydroxyl groups excluding tert-OH is 2. The molecule has 0 aromatic rings. The monoisotopic (exact) mass is 1120 g/mol. The molecule has 3 N–H and O–H groups in total. The summed E-state index contributed by atoms with van der Waals surface area (Å²) in [5.41, 5.74) is 0. The van der Waals surface area contributed by atoms with Gasteiger partial charge in [0.1, 0.15) is 18.8 Å². The lowest BCUT2D eigenvalue weighted by Gasteiger charge is -2.40. The maximum atomic E-state index is 13.2. The molecule has 0 aromatic heterocycles. The van der Waals surface area contributed by atoms with Crippen LogP contribution >= 0.6 is 0 Å². The molecule has 0 amide bonds. The van der Waals surface area contributed by atoms with Gasteiger partial charge < -0.3 is 39.0 Å². The summed E-state index contributed by atoms with van der Waals surface area (Å²) in [5.74, 6) is -3.08. The van der Waals surface area contributed by atoms with E-state index in [-0.39, 0.29) is 25.9 Å². The first-order chi connectivity index (χ1) is 38.6. The van der Waals surface area contributed by atoms with Crippen LogP contribution in [0.5, 0.6) is 0 Å². The Bertz CT molecular complexity index is 1470. The van der Waals surface area contributed by atoms with Crippen molar-refractivity contribution >= 4 is 23.9 Å². The van der Waals surface area contributed by atoms with E-state index < -0.39 is 67.3 Å². The molecule has 1 aliphatic heterocycles. The molecule has 0 saturated carbocycles. The maximum absolute atomic E-state index is 13.2. The molecule has 462 valence electrons. The average molecular weight is 1120 g/mol. The molecule has 12 nitrogen and oxygen atoms in total. The van der Waals surface area contributed by atoms with Crippen molar-refractivity contribution in [3.8, 4) is 0 Å². The summed E-state index contributed by atoms with van der Waals surface area (Å²) >= 11 is 0. The number of carbonyl (C=O) groups is 4. The van der Waals surface area contributed by atoms with Gasteiger partial charge in [-0.2, -0.15) is 0 Å². The van der Waals surface area contributed by atoms with E-state index in [0.717, 1.165) is 77.0 Å². The number of allylic oxidation sites excluding steroid dienone is 4. The maximum Gasteiger partial charge on any atom is 0.335 e. The molecule has 1 heterocycles. The summed E-state index contributed by atoms with van der Waals surface area (Å²) in [7, 11) is 0. The molecule has 12 heteroatoms. The van der Waals surface area contributed by atoms with E-state index >= 15 is 0 Å². The number of unbranched alkanes of at least 4 members (excludes halogenated alkanes) is 40. The zero-order valence-corrected chi connectivity index (χ0v) is 51.1. The van der Waals surface area contributed by atoms with Gasteiger partial charge >= 0.3 is 23.9 Å². The van der Waals surface area contributed by atoms with Gasteiger partial charge in [-0.3, -0.25) is 14.4 Å². The Morgan fingerprint density at radius 3 is 1.16 bits per heavy atom. The summed E-state index contributed by atoms with van der Waals surface area (Å²) in [4.78, 5) is 51.3. The highest BCUT2D eigenvalue weighted by atomic mass is 16.7. The van der Waals surface area contributed by atoms with Crippen LogP contribution in [-0.2, 0) is 42.9 Å². The van der Waals surface area contributed by atoms with Crippen LogP contribution in [0.3, 0.4) is 0 Å². The first kappa shape index (κ1) is 74.2. The van der Waals surface area contributed by atoms with Crippen LogP contribution in [0.15, 0.2) is 24.3 Å². The molecule has 0 aliphatic carbocycles. The second-order valence-corrected chi connectivity index (χ2v) is 23.1. The van der Waals surface area contributed by atoms with E-state index in [4.69, 9.17) is 23.7 Å². The quantitative estimate of drug-likeness (QED) is 0.0228. The number of carbonyl (C=O) groups excluding carboxylic acids is 3. The molecule has 0 radical (unpaired) electrons. The molecular weight excluding hydrogens is 997 g/mol. The third-order valence-corrected chi connectivity index (χ3v) is 15.5. The Hall–Kier alpha value is -2.80. The number of aliphatic carboxylic acids is 1. The van der Waals surface area contributed by atoms with Crippen molar-refractivity contribution in [2.24, 2.45) is 0 Å². The van der Waals surface area contributed by atoms with Crippen molar-refractivity contribution in [2.75, 3.05) is 13.2 Å². The summed E-state index contributed by atoms with van der Waals surface area (Å²) in [5, 5.41) is 31.6. The second kappa shape index (κ2) is 55.7. The van der Waals surface area contributed by atoms with Crippen LogP contribution in [0.2, 0.25) is 0 Å². The van der Waals surface area contributed by atoms with Gasteiger partial charge in [0, 0.05) is 19.3 Å². The van der Waals surface area contributed by atoms with Crippen LogP contribution in [0, 0.1) is 0 Å². The Morgan fingerprint density at radius 1 is 0.418 bits per heavy atom. The predicted molar refractivity (Wildman–Crippen MR) is 322 cm³/mol. The molecular formula is C67H122O12. The zero-order valence-electron chi connectivity index (χ0n) is 51.1. The topological polar surface area (TPSA) is 175 Å². The van der Waals surface area contributed by atoms with Crippen molar-refractivity contribution in [2.45, 2.75) is 366 Å². The third kappa shape index (κ3) is 45.4. The summed E-state index contributed by atoms with van der Waals surface area (Å²) in [6, 6.07) is 0. The minimum atomic E-state index is -1.90. The zero-order chi connectivity index (χ0) is 57.5. The van der Waals surface area contributed by atoms with Gasteiger partial charge in [0.25, 0.3) is 0 Å². The molecule has 0 aromatic carbocycles. The number of rotatable bonds is 58. The number of esters is 3. The number of hydrogen-bond acceptors (Lipinski definition) is 11. The third-order valence-electron chi connectivity index (χ3n) is 15.5. The molecule has 0 spiro atoms. The number of carboxylic acids is 1. The van der Waals surface area contributed by atoms with Gasteiger partial charge in [-0.05, 0) is 51.4 Å². The molecule has 1 aliphatic rings. The van der Waals surface area contributed by atoms with E-state index in [1.165, 1.54) is 193 Å². The van der Waals surface area contributed by atoms with Crippen molar-refractivity contribution in [3.05, 3.63) is 24.3 Å². The second-order valence-electron chi connectivity index (χ2n) is 23.1. The van der Waals surface area contributed by atoms with Crippen molar-refractivity contribution < 1.29 is 58.2 Å². The SMILES string of the molecule is CCCCC/C=C\C/C=C\CCCCCCCCCC(=O)OCC(COC1OC(C(=O)O)C(O)C(O)C1OC(=O)CCCCCCCCCCCCCCCCC)OC(=O)CCCCCCCCCCCCCCCCCCC. The van der Waals surface area contributed by atoms with Crippen LogP contribution in [0.4, 0.5) is 0 Å². The fourth-order valence-corrected chi connectivity index (χ4v) is 10.4. The molecule has 1 rings (SSSR count). The Labute approximate surface area is 483 Å². The average Bonchev–Trinajstić information content (AvgIpc) is 3.46. The Morgan fingerprint density at radius 2 is 0.759 bits per heavy atom. The smallest absolute Gasteiger partial charge is 0.335 e. The van der Waals surface area contributed by atoms with Gasteiger partial charge in [0.05, 0.1) is 6.61 Å².